The molecule has 0 spiro atoms. The molecule has 2 unspecified atom stereocenters. The summed E-state index contributed by atoms with van der Waals surface area (Å²) in [6, 6.07) is 0.396. The molecule has 1 aromatic rings. The van der Waals surface area contributed by atoms with Crippen LogP contribution in [-0.2, 0) is 11.3 Å². The molecule has 0 radical (unpaired) electrons. The molecule has 2 aliphatic rings. The van der Waals surface area contributed by atoms with Gasteiger partial charge in [-0.05, 0) is 32.2 Å². The summed E-state index contributed by atoms with van der Waals surface area (Å²) in [4.78, 5) is 14.2. The minimum atomic E-state index is 0.247. The fraction of sp³-hybridized carbons (Fsp3) is 0.769. The van der Waals surface area contributed by atoms with Crippen molar-refractivity contribution in [2.75, 3.05) is 6.54 Å². The van der Waals surface area contributed by atoms with Gasteiger partial charge in [-0.2, -0.15) is 0 Å². The third-order valence-corrected chi connectivity index (χ3v) is 4.14. The van der Waals surface area contributed by atoms with Crippen LogP contribution < -0.4 is 0 Å². The molecule has 0 amide bonds. The van der Waals surface area contributed by atoms with Crippen LogP contribution >= 0.6 is 0 Å². The van der Waals surface area contributed by atoms with Crippen molar-refractivity contribution in [1.82, 2.24) is 15.1 Å². The topological polar surface area (TPSA) is 59.2 Å². The molecule has 5 nitrogen and oxygen atoms in total. The van der Waals surface area contributed by atoms with Crippen molar-refractivity contribution >= 4 is 5.78 Å². The first-order valence-electron chi connectivity index (χ1n) is 6.80. The zero-order valence-electron chi connectivity index (χ0n) is 10.8. The van der Waals surface area contributed by atoms with E-state index in [0.29, 0.717) is 30.2 Å². The summed E-state index contributed by atoms with van der Waals surface area (Å²) in [6.07, 6.45) is 5.19. The van der Waals surface area contributed by atoms with Gasteiger partial charge < -0.3 is 4.42 Å². The predicted octanol–water partition coefficient (Wildman–Crippen LogP) is 1.71. The number of likely N-dealkylation sites (tertiary alicyclic amines) is 1. The van der Waals surface area contributed by atoms with Gasteiger partial charge in [0.1, 0.15) is 5.78 Å². The number of ketones is 1. The molecule has 18 heavy (non-hydrogen) atoms. The summed E-state index contributed by atoms with van der Waals surface area (Å²) in [7, 11) is 0. The van der Waals surface area contributed by atoms with E-state index < -0.39 is 0 Å². The average Bonchev–Trinajstić information content (AvgIpc) is 3.02. The lowest BCUT2D eigenvalue weighted by atomic mass is 9.95. The van der Waals surface area contributed by atoms with Crippen LogP contribution in [0.1, 0.15) is 43.9 Å². The predicted molar refractivity (Wildman–Crippen MR) is 64.8 cm³/mol. The summed E-state index contributed by atoms with van der Waals surface area (Å²) < 4.78 is 5.43. The number of carbonyl (C=O) groups excluding carboxylic acids is 1. The highest BCUT2D eigenvalue weighted by atomic mass is 16.4. The van der Waals surface area contributed by atoms with Gasteiger partial charge in [0.25, 0.3) is 0 Å². The number of aromatic nitrogens is 2. The molecule has 0 bridgehead atoms. The van der Waals surface area contributed by atoms with Gasteiger partial charge in [0.15, 0.2) is 0 Å². The molecule has 2 atom stereocenters. The lowest BCUT2D eigenvalue weighted by Crippen LogP contribution is -2.37. The number of hydrogen-bond donors (Lipinski definition) is 0. The van der Waals surface area contributed by atoms with Gasteiger partial charge >= 0.3 is 0 Å². The number of carbonyl (C=O) groups is 1. The van der Waals surface area contributed by atoms with E-state index in [1.54, 1.807) is 6.92 Å². The minimum Gasteiger partial charge on any atom is -0.424 e. The average molecular weight is 249 g/mol. The van der Waals surface area contributed by atoms with Gasteiger partial charge in [0, 0.05) is 25.3 Å². The summed E-state index contributed by atoms with van der Waals surface area (Å²) in [5, 5.41) is 7.90. The molecule has 1 aromatic heterocycles. The molecule has 1 aliphatic carbocycles. The molecule has 98 valence electrons. The Hall–Kier alpha value is -1.23. The van der Waals surface area contributed by atoms with Gasteiger partial charge in [0.2, 0.25) is 11.8 Å². The first-order valence-corrected chi connectivity index (χ1v) is 6.80. The van der Waals surface area contributed by atoms with Crippen LogP contribution in [-0.4, -0.2) is 33.5 Å². The van der Waals surface area contributed by atoms with Crippen LogP contribution in [0.15, 0.2) is 4.42 Å². The standard InChI is InChI=1S/C13H19N3O2/c1-9-14-15-13(18-9)8-16-7-3-5-11(16)10-4-2-6-12(10)17/h10-11H,2-8H2,1H3. The van der Waals surface area contributed by atoms with Crippen LogP contribution in [0.25, 0.3) is 0 Å². The molecular weight excluding hydrogens is 230 g/mol. The molecule has 1 saturated heterocycles. The zero-order valence-corrected chi connectivity index (χ0v) is 10.8. The van der Waals surface area contributed by atoms with Crippen LogP contribution in [0.5, 0.6) is 0 Å². The fourth-order valence-electron chi connectivity index (χ4n) is 3.33. The first-order chi connectivity index (χ1) is 8.74. The highest BCUT2D eigenvalue weighted by Crippen LogP contribution is 2.33. The normalized spacial score (nSPS) is 29.3. The second-order valence-electron chi connectivity index (χ2n) is 5.36. The Labute approximate surface area is 107 Å². The number of Topliss-reactive ketones (excluding diaryl/α,β-unsaturated/α-hetero) is 1. The molecule has 1 saturated carbocycles. The molecule has 0 N–H and O–H groups in total. The number of nitrogens with zero attached hydrogens (tertiary/aromatic N) is 3. The molecule has 0 aromatic carbocycles. The van der Waals surface area contributed by atoms with Gasteiger partial charge in [-0.3, -0.25) is 9.69 Å². The molecule has 5 heteroatoms. The highest BCUT2D eigenvalue weighted by Gasteiger charge is 2.38. The molecule has 2 fully saturated rings. The minimum absolute atomic E-state index is 0.247. The van der Waals surface area contributed by atoms with Crippen LogP contribution in [0.4, 0.5) is 0 Å². The van der Waals surface area contributed by atoms with Gasteiger partial charge in [-0.15, -0.1) is 10.2 Å². The van der Waals surface area contributed by atoms with E-state index in [1.165, 1.54) is 6.42 Å². The lowest BCUT2D eigenvalue weighted by molar-refractivity contribution is -0.122. The fourth-order valence-corrected chi connectivity index (χ4v) is 3.33. The Morgan fingerprint density at radius 3 is 2.89 bits per heavy atom. The maximum absolute atomic E-state index is 11.9. The smallest absolute Gasteiger partial charge is 0.230 e. The van der Waals surface area contributed by atoms with Crippen molar-refractivity contribution in [3.63, 3.8) is 0 Å². The van der Waals surface area contributed by atoms with Gasteiger partial charge in [-0.1, -0.05) is 0 Å². The third kappa shape index (κ3) is 2.19. The number of hydrogen-bond acceptors (Lipinski definition) is 5. The van der Waals surface area contributed by atoms with E-state index in [2.05, 4.69) is 15.1 Å². The summed E-state index contributed by atoms with van der Waals surface area (Å²) in [5.74, 6) is 1.98. The monoisotopic (exact) mass is 249 g/mol. The summed E-state index contributed by atoms with van der Waals surface area (Å²) in [6.45, 7) is 3.53. The van der Waals surface area contributed by atoms with E-state index in [9.17, 15) is 4.79 Å². The van der Waals surface area contributed by atoms with E-state index >= 15 is 0 Å². The van der Waals surface area contributed by atoms with E-state index in [1.807, 2.05) is 0 Å². The maximum atomic E-state index is 11.9. The third-order valence-electron chi connectivity index (χ3n) is 4.14. The van der Waals surface area contributed by atoms with Gasteiger partial charge in [0.05, 0.1) is 6.54 Å². The first kappa shape index (κ1) is 11.8. The lowest BCUT2D eigenvalue weighted by Gasteiger charge is -2.27. The SMILES string of the molecule is Cc1nnc(CN2CCCC2C2CCCC2=O)o1. The second-order valence-corrected chi connectivity index (χ2v) is 5.36. The van der Waals surface area contributed by atoms with E-state index in [0.717, 1.165) is 32.2 Å². The molecule has 1 aliphatic heterocycles. The molecular formula is C13H19N3O2. The Morgan fingerprint density at radius 1 is 1.33 bits per heavy atom. The van der Waals surface area contributed by atoms with Crippen molar-refractivity contribution in [2.24, 2.45) is 5.92 Å². The Kier molecular flexibility index (Phi) is 3.16. The maximum Gasteiger partial charge on any atom is 0.230 e. The van der Waals surface area contributed by atoms with Gasteiger partial charge in [-0.25, -0.2) is 0 Å². The largest absolute Gasteiger partial charge is 0.424 e. The molecule has 2 heterocycles. The quantitative estimate of drug-likeness (QED) is 0.816. The second kappa shape index (κ2) is 4.80. The van der Waals surface area contributed by atoms with Crippen molar-refractivity contribution < 1.29 is 9.21 Å². The van der Waals surface area contributed by atoms with Crippen LogP contribution in [0.2, 0.25) is 0 Å². The van der Waals surface area contributed by atoms with Crippen LogP contribution in [0.3, 0.4) is 0 Å². The van der Waals surface area contributed by atoms with Crippen molar-refractivity contribution in [3.05, 3.63) is 11.8 Å². The van der Waals surface area contributed by atoms with Crippen molar-refractivity contribution in [1.29, 1.82) is 0 Å². The van der Waals surface area contributed by atoms with Crippen molar-refractivity contribution in [2.45, 2.75) is 51.6 Å². The number of aryl methyl sites for hydroxylation is 1. The Bertz CT molecular complexity index is 443. The molecule has 3 rings (SSSR count). The zero-order chi connectivity index (χ0) is 12.5. The Balaban J connectivity index is 1.69. The van der Waals surface area contributed by atoms with Crippen LogP contribution in [0, 0.1) is 12.8 Å². The van der Waals surface area contributed by atoms with E-state index in [4.69, 9.17) is 4.42 Å². The number of rotatable bonds is 3. The highest BCUT2D eigenvalue weighted by molar-refractivity contribution is 5.83. The van der Waals surface area contributed by atoms with E-state index in [-0.39, 0.29) is 5.92 Å². The Morgan fingerprint density at radius 2 is 2.22 bits per heavy atom. The van der Waals surface area contributed by atoms with Crippen molar-refractivity contribution in [3.8, 4) is 0 Å². The summed E-state index contributed by atoms with van der Waals surface area (Å²) >= 11 is 0. The summed E-state index contributed by atoms with van der Waals surface area (Å²) in [5.41, 5.74) is 0.